The van der Waals surface area contributed by atoms with Crippen molar-refractivity contribution in [2.24, 2.45) is 0 Å². The molecule has 0 unspecified atom stereocenters. The van der Waals surface area contributed by atoms with Crippen molar-refractivity contribution in [2.75, 3.05) is 33.0 Å². The molecule has 0 aliphatic carbocycles. The molecule has 0 saturated heterocycles. The second-order valence-electron chi connectivity index (χ2n) is 2.14. The van der Waals surface area contributed by atoms with Crippen molar-refractivity contribution in [3.8, 4) is 0 Å². The molecule has 0 aromatic rings. The number of ether oxygens (including phenoxy) is 1. The summed E-state index contributed by atoms with van der Waals surface area (Å²) in [6, 6.07) is 0. The first-order valence-electron chi connectivity index (χ1n) is 4.23. The van der Waals surface area contributed by atoms with Crippen LogP contribution in [0.15, 0.2) is 0 Å². The molecule has 0 aliphatic rings. The fourth-order valence-corrected chi connectivity index (χ4v) is 0.413. The van der Waals surface area contributed by atoms with Crippen LogP contribution in [0.5, 0.6) is 0 Å². The fraction of sp³-hybridized carbons (Fsp3) is 1.00. The molecule has 4 nitrogen and oxygen atoms in total. The van der Waals surface area contributed by atoms with E-state index in [1.54, 1.807) is 0 Å². The zero-order chi connectivity index (χ0) is 9.66. The van der Waals surface area contributed by atoms with Gasteiger partial charge in [0.1, 0.15) is 0 Å². The van der Waals surface area contributed by atoms with Crippen molar-refractivity contribution in [3.63, 3.8) is 0 Å². The van der Waals surface area contributed by atoms with Gasteiger partial charge in [-0.05, 0) is 6.42 Å². The summed E-state index contributed by atoms with van der Waals surface area (Å²) in [4.78, 5) is 0. The summed E-state index contributed by atoms with van der Waals surface area (Å²) >= 11 is 0. The normalized spacial score (nSPS) is 8.31. The Balaban J connectivity index is -0.0000000424. The monoisotopic (exact) mass is 320 g/mol. The standard InChI is InChI=1S/C6H14O2.C2H6O2.Ba.2H/c1-2-3-5-8-6-4-7;3-1-2-4;;;/h7H,2-6H2,1H3;3-4H,1-2H2;;;/q;;+2;2*-1. The van der Waals surface area contributed by atoms with Gasteiger partial charge in [-0.1, -0.05) is 13.3 Å². The van der Waals surface area contributed by atoms with E-state index in [-0.39, 0.29) is 71.6 Å². The summed E-state index contributed by atoms with van der Waals surface area (Å²) in [6.45, 7) is 3.28. The fourth-order valence-electron chi connectivity index (χ4n) is 0.413. The van der Waals surface area contributed by atoms with Crippen LogP contribution in [0, 0.1) is 0 Å². The molecular formula is C8H22BaO4. The average Bonchev–Trinajstić information content (AvgIpc) is 2.13. The van der Waals surface area contributed by atoms with Gasteiger partial charge in [-0.2, -0.15) is 0 Å². The molecule has 5 heteroatoms. The summed E-state index contributed by atoms with van der Waals surface area (Å²) in [5.41, 5.74) is 0. The predicted molar refractivity (Wildman–Crippen MR) is 55.0 cm³/mol. The van der Waals surface area contributed by atoms with Crippen molar-refractivity contribution < 1.29 is 22.9 Å². The number of aliphatic hydroxyl groups excluding tert-OH is 3. The summed E-state index contributed by atoms with van der Waals surface area (Å²) in [5, 5.41) is 23.5. The third-order valence-electron chi connectivity index (χ3n) is 0.978. The van der Waals surface area contributed by atoms with Crippen molar-refractivity contribution >= 4 is 48.9 Å². The molecule has 0 aromatic carbocycles. The molecule has 0 aliphatic heterocycles. The van der Waals surface area contributed by atoms with Crippen LogP contribution in [0.25, 0.3) is 0 Å². The van der Waals surface area contributed by atoms with E-state index in [1.807, 2.05) is 0 Å². The van der Waals surface area contributed by atoms with Gasteiger partial charge in [-0.25, -0.2) is 0 Å². The number of hydrogen-bond acceptors (Lipinski definition) is 4. The average molecular weight is 320 g/mol. The van der Waals surface area contributed by atoms with E-state index in [4.69, 9.17) is 20.1 Å². The molecule has 0 rings (SSSR count). The molecule has 0 saturated carbocycles. The molecular weight excluding hydrogens is 297 g/mol. The van der Waals surface area contributed by atoms with Crippen LogP contribution in [-0.4, -0.2) is 97.2 Å². The van der Waals surface area contributed by atoms with Gasteiger partial charge in [0.15, 0.2) is 0 Å². The topological polar surface area (TPSA) is 69.9 Å². The molecule has 0 amide bonds. The van der Waals surface area contributed by atoms with Gasteiger partial charge in [-0.15, -0.1) is 0 Å². The molecule has 0 fully saturated rings. The minimum absolute atomic E-state index is 0. The maximum Gasteiger partial charge on any atom is 2.00 e. The number of aliphatic hydroxyl groups is 3. The van der Waals surface area contributed by atoms with E-state index in [9.17, 15) is 0 Å². The molecule has 0 atom stereocenters. The van der Waals surface area contributed by atoms with Crippen molar-refractivity contribution in [1.29, 1.82) is 0 Å². The van der Waals surface area contributed by atoms with Crippen molar-refractivity contribution in [1.82, 2.24) is 0 Å². The Kier molecular flexibility index (Phi) is 35.7. The minimum Gasteiger partial charge on any atom is -1.00 e. The SMILES string of the molecule is CCCCOCCO.OCCO.[Ba+2].[H-].[H-]. The van der Waals surface area contributed by atoms with Gasteiger partial charge in [-0.3, -0.25) is 0 Å². The Labute approximate surface area is 123 Å². The predicted octanol–water partition coefficient (Wildman–Crippen LogP) is -0.389. The van der Waals surface area contributed by atoms with E-state index in [0.29, 0.717) is 6.61 Å². The minimum atomic E-state index is -0.125. The maximum atomic E-state index is 8.24. The maximum absolute atomic E-state index is 8.24. The van der Waals surface area contributed by atoms with Gasteiger partial charge in [0, 0.05) is 6.61 Å². The number of hydrogen-bond donors (Lipinski definition) is 3. The van der Waals surface area contributed by atoms with E-state index in [2.05, 4.69) is 6.92 Å². The zero-order valence-corrected chi connectivity index (χ0v) is 12.8. The zero-order valence-electron chi connectivity index (χ0n) is 10.4. The van der Waals surface area contributed by atoms with Crippen LogP contribution in [0.4, 0.5) is 0 Å². The Hall–Kier alpha value is 1.41. The molecule has 80 valence electrons. The third-order valence-corrected chi connectivity index (χ3v) is 0.978. The largest absolute Gasteiger partial charge is 2.00 e. The van der Waals surface area contributed by atoms with Crippen LogP contribution < -0.4 is 0 Å². The first-order valence-corrected chi connectivity index (χ1v) is 4.23. The Bertz CT molecular complexity index is 64.6. The second-order valence-corrected chi connectivity index (χ2v) is 2.14. The Morgan fingerprint density at radius 1 is 1.00 bits per heavy atom. The molecule has 0 bridgehead atoms. The molecule has 0 aromatic heterocycles. The Morgan fingerprint density at radius 2 is 1.54 bits per heavy atom. The van der Waals surface area contributed by atoms with Gasteiger partial charge >= 0.3 is 48.9 Å². The first-order chi connectivity index (χ1) is 5.83. The van der Waals surface area contributed by atoms with E-state index >= 15 is 0 Å². The van der Waals surface area contributed by atoms with Gasteiger partial charge in [0.25, 0.3) is 0 Å². The number of unbranched alkanes of at least 4 members (excludes halogenated alkanes) is 1. The van der Waals surface area contributed by atoms with Crippen LogP contribution >= 0.6 is 0 Å². The number of rotatable bonds is 6. The Morgan fingerprint density at radius 3 is 1.85 bits per heavy atom. The quantitative estimate of drug-likeness (QED) is 0.461. The summed E-state index contributed by atoms with van der Waals surface area (Å²) in [6.07, 6.45) is 2.26. The molecule has 0 radical (unpaired) electrons. The third kappa shape index (κ3) is 31.8. The summed E-state index contributed by atoms with van der Waals surface area (Å²) in [5.74, 6) is 0. The van der Waals surface area contributed by atoms with Crippen LogP contribution in [-0.2, 0) is 4.74 Å². The van der Waals surface area contributed by atoms with Gasteiger partial charge < -0.3 is 22.9 Å². The molecule has 3 N–H and O–H groups in total. The van der Waals surface area contributed by atoms with E-state index in [1.165, 1.54) is 0 Å². The molecule has 13 heavy (non-hydrogen) atoms. The second kappa shape index (κ2) is 23.3. The van der Waals surface area contributed by atoms with E-state index < -0.39 is 0 Å². The summed E-state index contributed by atoms with van der Waals surface area (Å²) < 4.78 is 4.97. The van der Waals surface area contributed by atoms with Crippen molar-refractivity contribution in [2.45, 2.75) is 19.8 Å². The van der Waals surface area contributed by atoms with Crippen molar-refractivity contribution in [3.05, 3.63) is 0 Å². The first kappa shape index (κ1) is 19.9. The van der Waals surface area contributed by atoms with Crippen LogP contribution in [0.3, 0.4) is 0 Å². The van der Waals surface area contributed by atoms with Crippen LogP contribution in [0.2, 0.25) is 0 Å². The molecule has 0 spiro atoms. The summed E-state index contributed by atoms with van der Waals surface area (Å²) in [7, 11) is 0. The van der Waals surface area contributed by atoms with Gasteiger partial charge in [0.05, 0.1) is 26.4 Å². The smallest absolute Gasteiger partial charge is 1.00 e. The van der Waals surface area contributed by atoms with Gasteiger partial charge in [0.2, 0.25) is 0 Å². The van der Waals surface area contributed by atoms with Crippen LogP contribution in [0.1, 0.15) is 22.6 Å². The molecule has 0 heterocycles. The van der Waals surface area contributed by atoms with E-state index in [0.717, 1.165) is 19.4 Å².